The third-order valence-electron chi connectivity index (χ3n) is 7.12. The molecule has 5 heteroatoms. The molecule has 2 aliphatic rings. The van der Waals surface area contributed by atoms with Gasteiger partial charge >= 0.3 is 0 Å². The van der Waals surface area contributed by atoms with Gasteiger partial charge in [0, 0.05) is 36.7 Å². The molecule has 0 unspecified atom stereocenters. The average molecular weight is 418 g/mol. The fourth-order valence-electron chi connectivity index (χ4n) is 5.30. The summed E-state index contributed by atoms with van der Waals surface area (Å²) in [4.78, 5) is 7.03. The Morgan fingerprint density at radius 3 is 2.74 bits per heavy atom. The van der Waals surface area contributed by atoms with Crippen LogP contribution in [0, 0.1) is 12.8 Å². The largest absolute Gasteiger partial charge is 0.507 e. The van der Waals surface area contributed by atoms with Crippen molar-refractivity contribution in [1.82, 2.24) is 9.88 Å². The molecule has 1 fully saturated rings. The lowest BCUT2D eigenvalue weighted by Gasteiger charge is -2.40. The lowest BCUT2D eigenvalue weighted by molar-refractivity contribution is -0.0651. The van der Waals surface area contributed by atoms with Crippen molar-refractivity contribution in [3.8, 4) is 5.75 Å². The van der Waals surface area contributed by atoms with Crippen LogP contribution in [0.1, 0.15) is 41.2 Å². The van der Waals surface area contributed by atoms with Crippen LogP contribution in [-0.2, 0) is 17.7 Å². The van der Waals surface area contributed by atoms with E-state index in [-0.39, 0.29) is 12.2 Å². The normalized spacial score (nSPS) is 22.5. The number of nitrogens with two attached hydrogens (primary N) is 1. The molecule has 0 aliphatic carbocycles. The van der Waals surface area contributed by atoms with E-state index in [4.69, 9.17) is 10.5 Å². The van der Waals surface area contributed by atoms with Crippen LogP contribution in [0.25, 0.3) is 10.9 Å². The highest BCUT2D eigenvalue weighted by molar-refractivity contribution is 5.81. The van der Waals surface area contributed by atoms with Gasteiger partial charge in [0.1, 0.15) is 5.75 Å². The van der Waals surface area contributed by atoms with Crippen LogP contribution in [0.5, 0.6) is 5.75 Å². The van der Waals surface area contributed by atoms with Crippen LogP contribution in [0.2, 0.25) is 0 Å². The van der Waals surface area contributed by atoms with Gasteiger partial charge in [0.2, 0.25) is 0 Å². The highest BCUT2D eigenvalue weighted by atomic mass is 16.5. The number of ether oxygens (including phenoxy) is 1. The van der Waals surface area contributed by atoms with E-state index in [0.717, 1.165) is 61.1 Å². The maximum atomic E-state index is 10.7. The third kappa shape index (κ3) is 3.93. The van der Waals surface area contributed by atoms with E-state index in [1.165, 1.54) is 10.9 Å². The molecule has 0 bridgehead atoms. The summed E-state index contributed by atoms with van der Waals surface area (Å²) in [5.41, 5.74) is 11.5. The number of rotatable bonds is 4. The van der Waals surface area contributed by atoms with Crippen molar-refractivity contribution < 1.29 is 9.84 Å². The summed E-state index contributed by atoms with van der Waals surface area (Å²) in [6, 6.07) is 14.5. The molecule has 3 N–H and O–H groups in total. The topological polar surface area (TPSA) is 71.6 Å². The van der Waals surface area contributed by atoms with Gasteiger partial charge in [-0.2, -0.15) is 0 Å². The Balaban J connectivity index is 1.27. The molecule has 0 saturated carbocycles. The van der Waals surface area contributed by atoms with Crippen molar-refractivity contribution in [2.75, 3.05) is 19.6 Å². The lowest BCUT2D eigenvalue weighted by atomic mass is 9.83. The highest BCUT2D eigenvalue weighted by Crippen LogP contribution is 2.40. The zero-order valence-corrected chi connectivity index (χ0v) is 18.1. The van der Waals surface area contributed by atoms with Crippen molar-refractivity contribution in [2.45, 2.75) is 44.9 Å². The zero-order chi connectivity index (χ0) is 21.4. The van der Waals surface area contributed by atoms with Crippen LogP contribution >= 0.6 is 0 Å². The first-order chi connectivity index (χ1) is 15.1. The number of aromatic hydroxyl groups is 1. The Morgan fingerprint density at radius 2 is 1.94 bits per heavy atom. The van der Waals surface area contributed by atoms with Crippen molar-refractivity contribution in [2.24, 2.45) is 11.7 Å². The van der Waals surface area contributed by atoms with Crippen LogP contribution in [0.4, 0.5) is 0 Å². The van der Waals surface area contributed by atoms with Gasteiger partial charge in [0.25, 0.3) is 0 Å². The second kappa shape index (κ2) is 8.58. The predicted molar refractivity (Wildman–Crippen MR) is 123 cm³/mol. The maximum Gasteiger partial charge on any atom is 0.122 e. The van der Waals surface area contributed by atoms with Gasteiger partial charge in [-0.1, -0.05) is 30.3 Å². The summed E-state index contributed by atoms with van der Waals surface area (Å²) in [7, 11) is 0. The summed E-state index contributed by atoms with van der Waals surface area (Å²) in [5, 5.41) is 11.9. The Hall–Kier alpha value is -2.47. The molecule has 5 rings (SSSR count). The number of piperidine rings is 1. The standard InChI is InChI=1S/C26H31N3O2/c1-17-6-7-21-22(26(17)30)14-24(31-25(21)15-27)18-9-12-29(13-10-18)16-19-8-11-28-23-5-3-2-4-20(19)23/h2-8,11,18,24-25,30H,9-10,12-16,27H2,1H3/t24-,25-/m0/s1. The van der Waals surface area contributed by atoms with Crippen LogP contribution in [-0.4, -0.2) is 40.7 Å². The van der Waals surface area contributed by atoms with Gasteiger partial charge in [-0.05, 0) is 67.6 Å². The van der Waals surface area contributed by atoms with Crippen LogP contribution in [0.15, 0.2) is 48.7 Å². The Morgan fingerprint density at radius 1 is 1.13 bits per heavy atom. The molecular formula is C26H31N3O2. The van der Waals surface area contributed by atoms with Crippen LogP contribution < -0.4 is 5.73 Å². The number of para-hydroxylation sites is 1. The molecule has 2 aliphatic heterocycles. The second-order valence-electron chi connectivity index (χ2n) is 9.00. The lowest BCUT2D eigenvalue weighted by Crippen LogP contribution is -2.42. The number of hydrogen-bond acceptors (Lipinski definition) is 5. The van der Waals surface area contributed by atoms with E-state index in [0.29, 0.717) is 18.2 Å². The van der Waals surface area contributed by atoms with Gasteiger partial charge in [0.05, 0.1) is 17.7 Å². The Labute approximate surface area is 183 Å². The number of aryl methyl sites for hydroxylation is 1. The number of aromatic nitrogens is 1. The van der Waals surface area contributed by atoms with E-state index in [1.807, 2.05) is 25.3 Å². The van der Waals surface area contributed by atoms with Crippen molar-refractivity contribution in [3.05, 3.63) is 70.9 Å². The molecule has 0 spiro atoms. The van der Waals surface area contributed by atoms with Crippen LogP contribution in [0.3, 0.4) is 0 Å². The minimum atomic E-state index is -0.124. The number of pyridine rings is 1. The number of likely N-dealkylation sites (tertiary alicyclic amines) is 1. The fourth-order valence-corrected chi connectivity index (χ4v) is 5.30. The molecule has 2 atom stereocenters. The average Bonchev–Trinajstić information content (AvgIpc) is 2.81. The van der Waals surface area contributed by atoms with Crippen molar-refractivity contribution in [1.29, 1.82) is 0 Å². The SMILES string of the molecule is Cc1ccc2c(c1O)C[C@@H](C1CCN(Cc3ccnc4ccccc34)CC1)O[C@H]2CN. The summed E-state index contributed by atoms with van der Waals surface area (Å²) >= 11 is 0. The molecule has 162 valence electrons. The second-order valence-corrected chi connectivity index (χ2v) is 9.00. The zero-order valence-electron chi connectivity index (χ0n) is 18.1. The first-order valence-corrected chi connectivity index (χ1v) is 11.4. The minimum Gasteiger partial charge on any atom is -0.507 e. The molecule has 0 radical (unpaired) electrons. The summed E-state index contributed by atoms with van der Waals surface area (Å²) in [5.74, 6) is 0.916. The van der Waals surface area contributed by atoms with E-state index in [2.05, 4.69) is 40.2 Å². The number of phenolic OH excluding ortho intramolecular Hbond substituents is 1. The van der Waals surface area contributed by atoms with E-state index >= 15 is 0 Å². The van der Waals surface area contributed by atoms with E-state index < -0.39 is 0 Å². The van der Waals surface area contributed by atoms with E-state index in [9.17, 15) is 5.11 Å². The van der Waals surface area contributed by atoms with Crippen molar-refractivity contribution in [3.63, 3.8) is 0 Å². The van der Waals surface area contributed by atoms with Gasteiger partial charge in [0.15, 0.2) is 0 Å². The summed E-state index contributed by atoms with van der Waals surface area (Å²) in [6.45, 7) is 5.47. The Kier molecular flexibility index (Phi) is 5.65. The Bertz CT molecular complexity index is 1070. The van der Waals surface area contributed by atoms with Gasteiger partial charge in [-0.15, -0.1) is 0 Å². The minimum absolute atomic E-state index is 0.123. The van der Waals surface area contributed by atoms with Gasteiger partial charge in [-0.25, -0.2) is 0 Å². The first-order valence-electron chi connectivity index (χ1n) is 11.4. The third-order valence-corrected chi connectivity index (χ3v) is 7.12. The summed E-state index contributed by atoms with van der Waals surface area (Å²) < 4.78 is 6.44. The first kappa shape index (κ1) is 20.4. The molecule has 3 aromatic rings. The molecule has 0 amide bonds. The molecule has 2 aromatic carbocycles. The fraction of sp³-hybridized carbons (Fsp3) is 0.423. The smallest absolute Gasteiger partial charge is 0.122 e. The number of benzene rings is 2. The molecule has 3 heterocycles. The number of phenols is 1. The molecular weight excluding hydrogens is 386 g/mol. The molecule has 1 saturated heterocycles. The highest BCUT2D eigenvalue weighted by Gasteiger charge is 2.35. The van der Waals surface area contributed by atoms with Gasteiger partial charge < -0.3 is 15.6 Å². The maximum absolute atomic E-state index is 10.7. The predicted octanol–water partition coefficient (Wildman–Crippen LogP) is 4.10. The van der Waals surface area contributed by atoms with Gasteiger partial charge in [-0.3, -0.25) is 9.88 Å². The number of nitrogens with zero attached hydrogens (tertiary/aromatic N) is 2. The summed E-state index contributed by atoms with van der Waals surface area (Å²) in [6.07, 6.45) is 4.90. The van der Waals surface area contributed by atoms with Crippen molar-refractivity contribution >= 4 is 10.9 Å². The number of hydrogen-bond donors (Lipinski definition) is 2. The molecule has 1 aromatic heterocycles. The quantitative estimate of drug-likeness (QED) is 0.669. The number of fused-ring (bicyclic) bond motifs is 2. The molecule has 5 nitrogen and oxygen atoms in total. The monoisotopic (exact) mass is 417 g/mol. The van der Waals surface area contributed by atoms with E-state index in [1.54, 1.807) is 0 Å². The molecule has 31 heavy (non-hydrogen) atoms.